The number of hydrogen-bond donors (Lipinski definition) is 2. The number of aromatic nitrogens is 2. The highest BCUT2D eigenvalue weighted by Crippen LogP contribution is 2.13. The number of carbonyl (C=O) groups is 1. The van der Waals surface area contributed by atoms with Gasteiger partial charge in [0.25, 0.3) is 5.56 Å². The van der Waals surface area contributed by atoms with Crippen LogP contribution in [0, 0.1) is 5.82 Å². The van der Waals surface area contributed by atoms with Gasteiger partial charge >= 0.3 is 0 Å². The summed E-state index contributed by atoms with van der Waals surface area (Å²) < 4.78 is 14.7. The summed E-state index contributed by atoms with van der Waals surface area (Å²) in [6, 6.07) is 3.89. The maximum absolute atomic E-state index is 13.3. The number of rotatable bonds is 6. The molecule has 0 radical (unpaired) electrons. The van der Waals surface area contributed by atoms with Gasteiger partial charge in [-0.3, -0.25) is 19.4 Å². The minimum atomic E-state index is -0.535. The Hall–Kier alpha value is -3.06. The Bertz CT molecular complexity index is 929. The summed E-state index contributed by atoms with van der Waals surface area (Å²) in [5, 5.41) is 8.70. The first-order valence-electron chi connectivity index (χ1n) is 7.52. The molecule has 2 aromatic rings. The molecule has 130 valence electrons. The predicted molar refractivity (Wildman–Crippen MR) is 92.6 cm³/mol. The molecule has 0 saturated carbocycles. The second kappa shape index (κ2) is 8.16. The highest BCUT2D eigenvalue weighted by Gasteiger charge is 2.10. The zero-order valence-electron chi connectivity index (χ0n) is 13.7. The fourth-order valence-corrected chi connectivity index (χ4v) is 2.32. The molecule has 0 aliphatic heterocycles. The number of hydroxylamine groups is 1. The molecule has 2 N–H and O–H groups in total. The molecule has 0 bridgehead atoms. The fraction of sp³-hybridized carbons (Fsp3) is 0.167. The third-order valence-electron chi connectivity index (χ3n) is 3.58. The van der Waals surface area contributed by atoms with Crippen LogP contribution in [0.3, 0.4) is 0 Å². The summed E-state index contributed by atoms with van der Waals surface area (Å²) >= 11 is 0. The Balaban J connectivity index is 2.36. The topological polar surface area (TPSA) is 84.2 Å². The summed E-state index contributed by atoms with van der Waals surface area (Å²) in [7, 11) is 1.57. The number of nitrogens with zero attached hydrogens (tertiary/aromatic N) is 2. The van der Waals surface area contributed by atoms with E-state index >= 15 is 0 Å². The van der Waals surface area contributed by atoms with Gasteiger partial charge in [0.1, 0.15) is 11.6 Å². The van der Waals surface area contributed by atoms with Gasteiger partial charge in [0.2, 0.25) is 5.91 Å². The average molecular weight is 343 g/mol. The van der Waals surface area contributed by atoms with E-state index in [2.05, 4.69) is 11.6 Å². The summed E-state index contributed by atoms with van der Waals surface area (Å²) in [6.07, 6.45) is 6.92. The van der Waals surface area contributed by atoms with E-state index in [0.29, 0.717) is 17.8 Å². The number of nitrogens with one attached hydrogen (secondary N) is 1. The minimum Gasteiger partial charge on any atom is -0.299 e. The van der Waals surface area contributed by atoms with E-state index in [9.17, 15) is 14.0 Å². The maximum atomic E-state index is 13.3. The van der Waals surface area contributed by atoms with Crippen molar-refractivity contribution in [2.75, 3.05) is 0 Å². The average Bonchev–Trinajstić information content (AvgIpc) is 2.60. The Kier molecular flexibility index (Phi) is 5.97. The standard InChI is InChI=1S/C18H18FN3O3/c1-3-5-12(6-4-7-17(23)21-25)10-16-20-15-9-8-13(19)11-14(15)18(24)22(16)2/h3-6,8-9,11,25H,1,7,10H2,2H3,(H,21,23)/b6-4-,12-5+. The van der Waals surface area contributed by atoms with E-state index in [1.54, 1.807) is 36.8 Å². The van der Waals surface area contributed by atoms with Crippen molar-refractivity contribution in [2.45, 2.75) is 12.8 Å². The summed E-state index contributed by atoms with van der Waals surface area (Å²) in [6.45, 7) is 3.64. The predicted octanol–water partition coefficient (Wildman–Crippen LogP) is 2.18. The minimum absolute atomic E-state index is 0.00827. The molecule has 0 aliphatic carbocycles. The largest absolute Gasteiger partial charge is 0.299 e. The number of carbonyl (C=O) groups excluding carboxylic acids is 1. The van der Waals surface area contributed by atoms with Crippen LogP contribution < -0.4 is 11.0 Å². The first-order valence-corrected chi connectivity index (χ1v) is 7.52. The number of hydrogen-bond acceptors (Lipinski definition) is 4. The monoisotopic (exact) mass is 343 g/mol. The molecule has 0 fully saturated rings. The van der Waals surface area contributed by atoms with Crippen LogP contribution in [0.1, 0.15) is 12.2 Å². The normalized spacial score (nSPS) is 11.9. The number of halogens is 1. The number of benzene rings is 1. The van der Waals surface area contributed by atoms with Gasteiger partial charge < -0.3 is 0 Å². The Morgan fingerprint density at radius 3 is 2.92 bits per heavy atom. The quantitative estimate of drug-likeness (QED) is 0.478. The van der Waals surface area contributed by atoms with Crippen molar-refractivity contribution in [2.24, 2.45) is 7.05 Å². The van der Waals surface area contributed by atoms with Gasteiger partial charge in [-0.2, -0.15) is 0 Å². The molecule has 0 atom stereocenters. The number of amides is 1. The van der Waals surface area contributed by atoms with Crippen LogP contribution in [0.4, 0.5) is 4.39 Å². The van der Waals surface area contributed by atoms with Crippen LogP contribution in [-0.2, 0) is 18.3 Å². The lowest BCUT2D eigenvalue weighted by Gasteiger charge is -2.10. The van der Waals surface area contributed by atoms with Crippen molar-refractivity contribution < 1.29 is 14.4 Å². The molecule has 2 rings (SSSR count). The second-order valence-electron chi connectivity index (χ2n) is 5.35. The van der Waals surface area contributed by atoms with Crippen LogP contribution in [0.5, 0.6) is 0 Å². The molecule has 7 heteroatoms. The molecule has 1 aromatic carbocycles. The van der Waals surface area contributed by atoms with E-state index in [4.69, 9.17) is 5.21 Å². The van der Waals surface area contributed by atoms with Crippen LogP contribution in [0.25, 0.3) is 10.9 Å². The third kappa shape index (κ3) is 4.48. The van der Waals surface area contributed by atoms with Gasteiger partial charge in [0, 0.05) is 19.9 Å². The highest BCUT2D eigenvalue weighted by molar-refractivity contribution is 5.77. The van der Waals surface area contributed by atoms with Crippen molar-refractivity contribution in [3.63, 3.8) is 0 Å². The van der Waals surface area contributed by atoms with E-state index in [-0.39, 0.29) is 17.4 Å². The lowest BCUT2D eigenvalue weighted by molar-refractivity contribution is -0.128. The smallest absolute Gasteiger partial charge is 0.261 e. The molecule has 0 spiro atoms. The second-order valence-corrected chi connectivity index (χ2v) is 5.35. The zero-order chi connectivity index (χ0) is 18.4. The van der Waals surface area contributed by atoms with Crippen molar-refractivity contribution in [1.29, 1.82) is 0 Å². The van der Waals surface area contributed by atoms with Crippen molar-refractivity contribution >= 4 is 16.8 Å². The molecule has 1 heterocycles. The highest BCUT2D eigenvalue weighted by atomic mass is 19.1. The summed E-state index contributed by atoms with van der Waals surface area (Å²) in [5.74, 6) is -0.530. The third-order valence-corrected chi connectivity index (χ3v) is 3.58. The molecule has 6 nitrogen and oxygen atoms in total. The molecular formula is C18H18FN3O3. The summed E-state index contributed by atoms with van der Waals surface area (Å²) in [5.41, 5.74) is 2.40. The van der Waals surface area contributed by atoms with Gasteiger partial charge in [0.15, 0.2) is 0 Å². The van der Waals surface area contributed by atoms with E-state index in [0.717, 1.165) is 5.57 Å². The Morgan fingerprint density at radius 2 is 2.24 bits per heavy atom. The fourth-order valence-electron chi connectivity index (χ4n) is 2.32. The zero-order valence-corrected chi connectivity index (χ0v) is 13.7. The van der Waals surface area contributed by atoms with E-state index in [1.807, 2.05) is 0 Å². The van der Waals surface area contributed by atoms with Gasteiger partial charge in [-0.05, 0) is 23.8 Å². The lowest BCUT2D eigenvalue weighted by atomic mass is 10.1. The molecule has 1 amide bonds. The van der Waals surface area contributed by atoms with Crippen molar-refractivity contribution in [1.82, 2.24) is 15.0 Å². The SMILES string of the molecule is C=C/C=C(\C=C/CC(=O)NO)Cc1nc2ccc(F)cc2c(=O)n1C. The molecule has 0 saturated heterocycles. The van der Waals surface area contributed by atoms with Gasteiger partial charge in [-0.15, -0.1) is 0 Å². The van der Waals surface area contributed by atoms with E-state index in [1.165, 1.54) is 22.8 Å². The first-order chi connectivity index (χ1) is 12.0. The van der Waals surface area contributed by atoms with Crippen molar-refractivity contribution in [3.8, 4) is 0 Å². The molecule has 25 heavy (non-hydrogen) atoms. The molecule has 0 unspecified atom stereocenters. The Labute approximate surface area is 143 Å². The van der Waals surface area contributed by atoms with Crippen molar-refractivity contribution in [3.05, 3.63) is 76.7 Å². The number of allylic oxidation sites excluding steroid dienone is 4. The van der Waals surface area contributed by atoms with Gasteiger partial charge in [-0.25, -0.2) is 14.9 Å². The van der Waals surface area contributed by atoms with Crippen LogP contribution in [-0.4, -0.2) is 20.7 Å². The first kappa shape index (κ1) is 18.3. The molecule has 1 aromatic heterocycles. The maximum Gasteiger partial charge on any atom is 0.261 e. The van der Waals surface area contributed by atoms with Crippen LogP contribution in [0.15, 0.2) is 59.4 Å². The molecular weight excluding hydrogens is 325 g/mol. The number of fused-ring (bicyclic) bond motifs is 1. The van der Waals surface area contributed by atoms with Crippen LogP contribution in [0.2, 0.25) is 0 Å². The molecule has 0 aliphatic rings. The van der Waals surface area contributed by atoms with Gasteiger partial charge in [-0.1, -0.05) is 30.9 Å². The lowest BCUT2D eigenvalue weighted by Crippen LogP contribution is -2.22. The van der Waals surface area contributed by atoms with E-state index < -0.39 is 11.7 Å². The Morgan fingerprint density at radius 1 is 1.48 bits per heavy atom. The van der Waals surface area contributed by atoms with Gasteiger partial charge in [0.05, 0.1) is 10.9 Å². The van der Waals surface area contributed by atoms with Crippen LogP contribution >= 0.6 is 0 Å². The summed E-state index contributed by atoms with van der Waals surface area (Å²) in [4.78, 5) is 27.9.